The van der Waals surface area contributed by atoms with E-state index in [-0.39, 0.29) is 0 Å². The summed E-state index contributed by atoms with van der Waals surface area (Å²) in [5.74, 6) is 0. The SMILES string of the molecule is Cc1cnc(C2CCCCCN2)cn1. The van der Waals surface area contributed by atoms with Gasteiger partial charge in [-0.15, -0.1) is 0 Å². The molecule has 14 heavy (non-hydrogen) atoms. The van der Waals surface area contributed by atoms with Gasteiger partial charge in [-0.2, -0.15) is 0 Å². The molecule has 1 aliphatic heterocycles. The molecule has 0 bridgehead atoms. The zero-order valence-electron chi connectivity index (χ0n) is 8.66. The first kappa shape index (κ1) is 9.59. The number of nitrogens with one attached hydrogen (secondary N) is 1. The lowest BCUT2D eigenvalue weighted by atomic mass is 10.1. The Labute approximate surface area is 85.0 Å². The van der Waals surface area contributed by atoms with E-state index < -0.39 is 0 Å². The number of nitrogens with zero attached hydrogens (tertiary/aromatic N) is 2. The summed E-state index contributed by atoms with van der Waals surface area (Å²) in [6.07, 6.45) is 8.86. The van der Waals surface area contributed by atoms with Crippen LogP contribution in [0.2, 0.25) is 0 Å². The molecule has 1 aliphatic rings. The zero-order valence-corrected chi connectivity index (χ0v) is 8.66. The van der Waals surface area contributed by atoms with Crippen molar-refractivity contribution in [3.63, 3.8) is 0 Å². The Bertz CT molecular complexity index is 273. The van der Waals surface area contributed by atoms with E-state index in [4.69, 9.17) is 0 Å². The number of aryl methyl sites for hydroxylation is 1. The van der Waals surface area contributed by atoms with Crippen LogP contribution in [0.4, 0.5) is 0 Å². The van der Waals surface area contributed by atoms with Gasteiger partial charge in [0, 0.05) is 6.20 Å². The summed E-state index contributed by atoms with van der Waals surface area (Å²) in [6, 6.07) is 0.422. The first-order valence-electron chi connectivity index (χ1n) is 5.38. The van der Waals surface area contributed by atoms with Crippen LogP contribution in [0.15, 0.2) is 12.4 Å². The van der Waals surface area contributed by atoms with Crippen LogP contribution in [0.1, 0.15) is 43.1 Å². The van der Waals surface area contributed by atoms with Crippen LogP contribution in [-0.2, 0) is 0 Å². The van der Waals surface area contributed by atoms with Crippen molar-refractivity contribution in [1.29, 1.82) is 0 Å². The second-order valence-corrected chi connectivity index (χ2v) is 3.94. The molecule has 0 aromatic carbocycles. The molecule has 0 saturated carbocycles. The first-order chi connectivity index (χ1) is 6.86. The third-order valence-electron chi connectivity index (χ3n) is 2.72. The Morgan fingerprint density at radius 1 is 1.21 bits per heavy atom. The average Bonchev–Trinajstić information content (AvgIpc) is 2.47. The third-order valence-corrected chi connectivity index (χ3v) is 2.72. The van der Waals surface area contributed by atoms with Crippen molar-refractivity contribution >= 4 is 0 Å². The molecule has 0 spiro atoms. The Hall–Kier alpha value is -0.960. The predicted molar refractivity (Wildman–Crippen MR) is 56.0 cm³/mol. The van der Waals surface area contributed by atoms with Crippen LogP contribution < -0.4 is 5.32 Å². The van der Waals surface area contributed by atoms with Gasteiger partial charge < -0.3 is 5.32 Å². The first-order valence-corrected chi connectivity index (χ1v) is 5.38. The highest BCUT2D eigenvalue weighted by molar-refractivity contribution is 5.06. The van der Waals surface area contributed by atoms with Crippen LogP contribution in [0.5, 0.6) is 0 Å². The van der Waals surface area contributed by atoms with E-state index in [1.807, 2.05) is 19.3 Å². The molecule has 0 amide bonds. The molecule has 1 unspecified atom stereocenters. The normalized spacial score (nSPS) is 23.1. The average molecular weight is 191 g/mol. The van der Waals surface area contributed by atoms with Crippen molar-refractivity contribution in [1.82, 2.24) is 15.3 Å². The minimum atomic E-state index is 0.422. The summed E-state index contributed by atoms with van der Waals surface area (Å²) >= 11 is 0. The van der Waals surface area contributed by atoms with Crippen molar-refractivity contribution in [2.75, 3.05) is 6.54 Å². The van der Waals surface area contributed by atoms with Crippen LogP contribution in [0.25, 0.3) is 0 Å². The second kappa shape index (κ2) is 4.51. The lowest BCUT2D eigenvalue weighted by Gasteiger charge is -2.14. The molecule has 1 atom stereocenters. The number of hydrogen-bond donors (Lipinski definition) is 1. The lowest BCUT2D eigenvalue weighted by Crippen LogP contribution is -2.21. The molecule has 1 aromatic heterocycles. The fourth-order valence-electron chi connectivity index (χ4n) is 1.86. The summed E-state index contributed by atoms with van der Waals surface area (Å²) in [7, 11) is 0. The van der Waals surface area contributed by atoms with Gasteiger partial charge in [-0.3, -0.25) is 9.97 Å². The van der Waals surface area contributed by atoms with Gasteiger partial charge in [0.15, 0.2) is 0 Å². The highest BCUT2D eigenvalue weighted by atomic mass is 15.0. The standard InChI is InChI=1S/C11H17N3/c1-9-7-14-11(8-13-9)10-5-3-2-4-6-12-10/h7-8,10,12H,2-6H2,1H3. The molecule has 3 heteroatoms. The fourth-order valence-corrected chi connectivity index (χ4v) is 1.86. The minimum Gasteiger partial charge on any atom is -0.309 e. The van der Waals surface area contributed by atoms with Crippen molar-refractivity contribution in [2.24, 2.45) is 0 Å². The van der Waals surface area contributed by atoms with Crippen LogP contribution in [-0.4, -0.2) is 16.5 Å². The summed E-state index contributed by atoms with van der Waals surface area (Å²) in [4.78, 5) is 8.70. The summed E-state index contributed by atoms with van der Waals surface area (Å²) in [6.45, 7) is 3.08. The fraction of sp³-hybridized carbons (Fsp3) is 0.636. The molecule has 2 heterocycles. The second-order valence-electron chi connectivity index (χ2n) is 3.94. The Morgan fingerprint density at radius 2 is 2.14 bits per heavy atom. The molecule has 76 valence electrons. The van der Waals surface area contributed by atoms with Gasteiger partial charge in [-0.25, -0.2) is 0 Å². The molecular formula is C11H17N3. The number of hydrogen-bond acceptors (Lipinski definition) is 3. The monoisotopic (exact) mass is 191 g/mol. The van der Waals surface area contributed by atoms with E-state index in [1.54, 1.807) is 0 Å². The number of rotatable bonds is 1. The van der Waals surface area contributed by atoms with Gasteiger partial charge in [-0.1, -0.05) is 12.8 Å². The van der Waals surface area contributed by atoms with E-state index in [2.05, 4.69) is 15.3 Å². The molecule has 1 aromatic rings. The predicted octanol–water partition coefficient (Wildman–Crippen LogP) is 1.99. The maximum absolute atomic E-state index is 4.42. The van der Waals surface area contributed by atoms with Gasteiger partial charge in [0.1, 0.15) is 0 Å². The molecule has 1 saturated heterocycles. The molecule has 0 aliphatic carbocycles. The topological polar surface area (TPSA) is 37.8 Å². The highest BCUT2D eigenvalue weighted by Gasteiger charge is 2.14. The van der Waals surface area contributed by atoms with E-state index in [1.165, 1.54) is 25.7 Å². The summed E-state index contributed by atoms with van der Waals surface area (Å²) in [5.41, 5.74) is 2.08. The minimum absolute atomic E-state index is 0.422. The van der Waals surface area contributed by atoms with Gasteiger partial charge in [-0.05, 0) is 26.3 Å². The van der Waals surface area contributed by atoms with E-state index >= 15 is 0 Å². The maximum Gasteiger partial charge on any atom is 0.0756 e. The van der Waals surface area contributed by atoms with E-state index in [0.717, 1.165) is 17.9 Å². The third kappa shape index (κ3) is 2.29. The van der Waals surface area contributed by atoms with Crippen molar-refractivity contribution in [2.45, 2.75) is 38.6 Å². The molecular weight excluding hydrogens is 174 g/mol. The van der Waals surface area contributed by atoms with Gasteiger partial charge in [0.2, 0.25) is 0 Å². The van der Waals surface area contributed by atoms with Crippen molar-refractivity contribution in [3.05, 3.63) is 23.8 Å². The van der Waals surface area contributed by atoms with E-state index in [0.29, 0.717) is 6.04 Å². The van der Waals surface area contributed by atoms with E-state index in [9.17, 15) is 0 Å². The summed E-state index contributed by atoms with van der Waals surface area (Å²) < 4.78 is 0. The lowest BCUT2D eigenvalue weighted by molar-refractivity contribution is 0.519. The highest BCUT2D eigenvalue weighted by Crippen LogP contribution is 2.20. The Balaban J connectivity index is 2.08. The molecule has 2 rings (SSSR count). The zero-order chi connectivity index (χ0) is 9.80. The molecule has 1 N–H and O–H groups in total. The molecule has 3 nitrogen and oxygen atoms in total. The van der Waals surface area contributed by atoms with Gasteiger partial charge >= 0.3 is 0 Å². The Kier molecular flexibility index (Phi) is 3.09. The Morgan fingerprint density at radius 3 is 2.93 bits per heavy atom. The van der Waals surface area contributed by atoms with Crippen LogP contribution in [0.3, 0.4) is 0 Å². The number of aromatic nitrogens is 2. The van der Waals surface area contributed by atoms with Crippen LogP contribution in [0, 0.1) is 6.92 Å². The van der Waals surface area contributed by atoms with Crippen molar-refractivity contribution < 1.29 is 0 Å². The van der Waals surface area contributed by atoms with Crippen LogP contribution >= 0.6 is 0 Å². The molecule has 1 fully saturated rings. The van der Waals surface area contributed by atoms with Gasteiger partial charge in [0.25, 0.3) is 0 Å². The van der Waals surface area contributed by atoms with Crippen molar-refractivity contribution in [3.8, 4) is 0 Å². The molecule has 0 radical (unpaired) electrons. The smallest absolute Gasteiger partial charge is 0.0756 e. The quantitative estimate of drug-likeness (QED) is 0.737. The maximum atomic E-state index is 4.42. The summed E-state index contributed by atoms with van der Waals surface area (Å²) in [5, 5.41) is 3.51. The van der Waals surface area contributed by atoms with Gasteiger partial charge in [0.05, 0.1) is 23.6 Å². The largest absolute Gasteiger partial charge is 0.309 e.